The fraction of sp³-hybridized carbons (Fsp3) is 0.130. The summed E-state index contributed by atoms with van der Waals surface area (Å²) < 4.78 is 14.4. The summed E-state index contributed by atoms with van der Waals surface area (Å²) in [6.07, 6.45) is 0. The van der Waals surface area contributed by atoms with E-state index in [0.29, 0.717) is 21.1 Å². The van der Waals surface area contributed by atoms with Gasteiger partial charge < -0.3 is 10.6 Å². The first-order chi connectivity index (χ1) is 15.8. The number of aromatic amines is 1. The molecule has 0 atom stereocenters. The summed E-state index contributed by atoms with van der Waals surface area (Å²) in [4.78, 5) is 46.3. The second kappa shape index (κ2) is 8.83. The largest absolute Gasteiger partial charge is 0.383 e. The van der Waals surface area contributed by atoms with Crippen LogP contribution in [0.3, 0.4) is 0 Å². The van der Waals surface area contributed by atoms with Crippen molar-refractivity contribution in [1.82, 2.24) is 14.5 Å². The molecule has 0 radical (unpaired) electrons. The fourth-order valence-corrected chi connectivity index (χ4v) is 4.44. The Balaban J connectivity index is 1.71. The zero-order valence-corrected chi connectivity index (χ0v) is 18.6. The summed E-state index contributed by atoms with van der Waals surface area (Å²) in [5, 5.41) is 0.542. The number of carbonyl (C=O) groups is 1. The molecule has 2 aromatic carbocycles. The topological polar surface area (TPSA) is 114 Å². The van der Waals surface area contributed by atoms with E-state index in [-0.39, 0.29) is 23.9 Å². The smallest absolute Gasteiger partial charge is 0.330 e. The number of amides is 1. The molecule has 168 valence electrons. The number of aromatic nitrogens is 3. The van der Waals surface area contributed by atoms with E-state index in [1.165, 1.54) is 23.7 Å². The maximum atomic E-state index is 13.3. The highest BCUT2D eigenvalue weighted by atomic mass is 32.1. The van der Waals surface area contributed by atoms with Gasteiger partial charge in [0.1, 0.15) is 21.5 Å². The Labute approximate surface area is 191 Å². The number of thiazole rings is 1. The summed E-state index contributed by atoms with van der Waals surface area (Å²) in [6.45, 7) is 1.81. The Bertz CT molecular complexity index is 1440. The van der Waals surface area contributed by atoms with Crippen LogP contribution in [0.1, 0.15) is 20.9 Å². The number of benzene rings is 2. The van der Waals surface area contributed by atoms with Gasteiger partial charge in [0.05, 0.1) is 12.2 Å². The molecule has 3 N–H and O–H groups in total. The van der Waals surface area contributed by atoms with Gasteiger partial charge in [0, 0.05) is 12.6 Å². The minimum atomic E-state index is -0.765. The van der Waals surface area contributed by atoms with E-state index >= 15 is 0 Å². The molecule has 0 fully saturated rings. The number of halogens is 1. The van der Waals surface area contributed by atoms with Crippen molar-refractivity contribution in [2.45, 2.75) is 13.5 Å². The number of nitrogen functional groups attached to an aromatic ring is 1. The van der Waals surface area contributed by atoms with Gasteiger partial charge in [0.2, 0.25) is 0 Å². The molecule has 33 heavy (non-hydrogen) atoms. The number of hydrogen-bond donors (Lipinski definition) is 2. The molecule has 0 bridgehead atoms. The molecule has 4 aromatic rings. The zero-order valence-electron chi connectivity index (χ0n) is 17.8. The Morgan fingerprint density at radius 1 is 1.15 bits per heavy atom. The number of aryl methyl sites for hydroxylation is 1. The number of nitrogens with zero attached hydrogens (tertiary/aromatic N) is 3. The van der Waals surface area contributed by atoms with E-state index in [0.717, 1.165) is 21.8 Å². The summed E-state index contributed by atoms with van der Waals surface area (Å²) in [5.41, 5.74) is 6.57. The van der Waals surface area contributed by atoms with Crippen LogP contribution in [0.2, 0.25) is 0 Å². The van der Waals surface area contributed by atoms with E-state index in [2.05, 4.69) is 9.97 Å². The normalized spacial score (nSPS) is 10.9. The van der Waals surface area contributed by atoms with Crippen LogP contribution >= 0.6 is 11.3 Å². The number of nitrogens with one attached hydrogen (secondary N) is 1. The van der Waals surface area contributed by atoms with Crippen LogP contribution in [-0.4, -0.2) is 27.5 Å². The van der Waals surface area contributed by atoms with Gasteiger partial charge in [-0.05, 0) is 36.8 Å². The van der Waals surface area contributed by atoms with Crippen molar-refractivity contribution in [3.05, 3.63) is 97.4 Å². The van der Waals surface area contributed by atoms with E-state index in [4.69, 9.17) is 5.73 Å². The maximum Gasteiger partial charge on any atom is 0.330 e. The molecule has 2 aromatic heterocycles. The highest BCUT2D eigenvalue weighted by Gasteiger charge is 2.25. The van der Waals surface area contributed by atoms with Gasteiger partial charge in [-0.1, -0.05) is 30.3 Å². The predicted octanol–water partition coefficient (Wildman–Crippen LogP) is 3.01. The van der Waals surface area contributed by atoms with Gasteiger partial charge >= 0.3 is 5.69 Å². The summed E-state index contributed by atoms with van der Waals surface area (Å²) in [7, 11) is 1.41. The first-order valence-corrected chi connectivity index (χ1v) is 10.8. The molecule has 0 saturated carbocycles. The molecule has 4 rings (SSSR count). The van der Waals surface area contributed by atoms with Crippen LogP contribution in [0, 0.1) is 12.7 Å². The molecule has 0 unspecified atom stereocenters. The lowest BCUT2D eigenvalue weighted by molar-refractivity contribution is 0.0995. The van der Waals surface area contributed by atoms with Crippen molar-refractivity contribution in [1.29, 1.82) is 0 Å². The molecule has 1 amide bonds. The quantitative estimate of drug-likeness (QED) is 0.470. The molecule has 0 spiro atoms. The average Bonchev–Trinajstić information content (AvgIpc) is 3.18. The van der Waals surface area contributed by atoms with Crippen molar-refractivity contribution in [2.75, 3.05) is 17.7 Å². The minimum absolute atomic E-state index is 0.121. The van der Waals surface area contributed by atoms with Crippen LogP contribution in [0.5, 0.6) is 0 Å². The number of rotatable bonds is 5. The molecule has 0 aliphatic heterocycles. The predicted molar refractivity (Wildman–Crippen MR) is 126 cm³/mol. The van der Waals surface area contributed by atoms with Gasteiger partial charge in [-0.25, -0.2) is 14.2 Å². The van der Waals surface area contributed by atoms with E-state index in [1.807, 2.05) is 30.3 Å². The number of nitrogens with two attached hydrogens (primary N) is 1. The summed E-state index contributed by atoms with van der Waals surface area (Å²) >= 11 is 1.12. The standard InChI is InChI=1S/C23H20FN5O3S/c1-13-18(33-21(26-13)15-8-10-16(24)11-9-15)22(31)28(2)17-19(25)29(23(32)27-20(17)30)12-14-6-4-3-5-7-14/h3-11H,12,25H2,1-2H3,(H,27,30,32). The van der Waals surface area contributed by atoms with Crippen LogP contribution < -0.4 is 21.9 Å². The molecule has 0 aliphatic rings. The molecule has 0 saturated heterocycles. The van der Waals surface area contributed by atoms with Crippen molar-refractivity contribution >= 4 is 28.7 Å². The first-order valence-electron chi connectivity index (χ1n) is 9.94. The van der Waals surface area contributed by atoms with Crippen molar-refractivity contribution in [2.24, 2.45) is 0 Å². The average molecular weight is 466 g/mol. The molecule has 0 aliphatic carbocycles. The second-order valence-corrected chi connectivity index (χ2v) is 8.37. The van der Waals surface area contributed by atoms with Crippen LogP contribution in [0.25, 0.3) is 10.6 Å². The van der Waals surface area contributed by atoms with E-state index in [9.17, 15) is 18.8 Å². The number of hydrogen-bond acceptors (Lipinski definition) is 6. The van der Waals surface area contributed by atoms with Crippen molar-refractivity contribution in [3.63, 3.8) is 0 Å². The molecule has 10 heteroatoms. The van der Waals surface area contributed by atoms with Gasteiger partial charge in [-0.15, -0.1) is 11.3 Å². The van der Waals surface area contributed by atoms with Crippen LogP contribution in [0.15, 0.2) is 64.2 Å². The van der Waals surface area contributed by atoms with E-state index in [1.54, 1.807) is 19.1 Å². The highest BCUT2D eigenvalue weighted by Crippen LogP contribution is 2.30. The highest BCUT2D eigenvalue weighted by molar-refractivity contribution is 7.17. The lowest BCUT2D eigenvalue weighted by Crippen LogP contribution is -2.39. The lowest BCUT2D eigenvalue weighted by atomic mass is 10.2. The van der Waals surface area contributed by atoms with E-state index < -0.39 is 17.2 Å². The van der Waals surface area contributed by atoms with Gasteiger partial charge in [-0.2, -0.15) is 0 Å². The number of anilines is 2. The second-order valence-electron chi connectivity index (χ2n) is 7.37. The Hall–Kier alpha value is -4.05. The van der Waals surface area contributed by atoms with Gasteiger partial charge in [-0.3, -0.25) is 19.1 Å². The Kier molecular flexibility index (Phi) is 5.93. The number of carbonyl (C=O) groups excluding carboxylic acids is 1. The third-order valence-electron chi connectivity index (χ3n) is 5.12. The maximum absolute atomic E-state index is 13.3. The zero-order chi connectivity index (χ0) is 23.7. The minimum Gasteiger partial charge on any atom is -0.383 e. The summed E-state index contributed by atoms with van der Waals surface area (Å²) in [5.74, 6) is -0.992. The van der Waals surface area contributed by atoms with Crippen molar-refractivity contribution in [3.8, 4) is 10.6 Å². The fourth-order valence-electron chi connectivity index (χ4n) is 3.39. The monoisotopic (exact) mass is 465 g/mol. The lowest BCUT2D eigenvalue weighted by Gasteiger charge is -2.20. The summed E-state index contributed by atoms with van der Waals surface area (Å²) in [6, 6.07) is 14.9. The van der Waals surface area contributed by atoms with Crippen molar-refractivity contribution < 1.29 is 9.18 Å². The molecule has 2 heterocycles. The van der Waals surface area contributed by atoms with Gasteiger partial charge in [0.15, 0.2) is 5.69 Å². The Morgan fingerprint density at radius 2 is 1.82 bits per heavy atom. The SMILES string of the molecule is Cc1nc(-c2ccc(F)cc2)sc1C(=O)N(C)c1c(N)n(Cc2ccccc2)c(=O)[nH]c1=O. The molecular weight excluding hydrogens is 445 g/mol. The van der Waals surface area contributed by atoms with Crippen LogP contribution in [-0.2, 0) is 6.54 Å². The Morgan fingerprint density at radius 3 is 2.48 bits per heavy atom. The molecular formula is C23H20FN5O3S. The third kappa shape index (κ3) is 4.33. The van der Waals surface area contributed by atoms with Crippen LogP contribution in [0.4, 0.5) is 15.9 Å². The third-order valence-corrected chi connectivity index (χ3v) is 6.31. The number of H-pyrrole nitrogens is 1. The first kappa shape index (κ1) is 22.2. The molecule has 8 nitrogen and oxygen atoms in total. The van der Waals surface area contributed by atoms with Gasteiger partial charge in [0.25, 0.3) is 11.5 Å².